The maximum Gasteiger partial charge on any atom is 0.116 e. The van der Waals surface area contributed by atoms with E-state index in [2.05, 4.69) is 12.7 Å². The van der Waals surface area contributed by atoms with Crippen molar-refractivity contribution >= 4 is 5.70 Å². The average Bonchev–Trinajstić information content (AvgIpc) is 2.33. The van der Waals surface area contributed by atoms with Gasteiger partial charge in [0.25, 0.3) is 0 Å². The number of hydrogen-bond acceptors (Lipinski definition) is 2. The van der Waals surface area contributed by atoms with Crippen molar-refractivity contribution in [2.24, 2.45) is 0 Å². The van der Waals surface area contributed by atoms with E-state index in [0.29, 0.717) is 17.8 Å². The van der Waals surface area contributed by atoms with E-state index in [1.165, 1.54) is 6.07 Å². The zero-order valence-electron chi connectivity index (χ0n) is 11.1. The van der Waals surface area contributed by atoms with Crippen molar-refractivity contribution in [1.82, 2.24) is 4.90 Å². The van der Waals surface area contributed by atoms with Gasteiger partial charge in [-0.15, -0.1) is 11.6 Å². The van der Waals surface area contributed by atoms with Crippen LogP contribution in [0.2, 0.25) is 0 Å². The molecule has 0 saturated carbocycles. The van der Waals surface area contributed by atoms with Crippen LogP contribution in [-0.4, -0.2) is 16.6 Å². The van der Waals surface area contributed by atoms with E-state index in [4.69, 9.17) is 0 Å². The fourth-order valence-electron chi connectivity index (χ4n) is 1.95. The van der Waals surface area contributed by atoms with Crippen LogP contribution in [0.1, 0.15) is 19.4 Å². The largest absolute Gasteiger partial charge is 0.508 e. The van der Waals surface area contributed by atoms with Crippen LogP contribution in [0.3, 0.4) is 0 Å². The summed E-state index contributed by atoms with van der Waals surface area (Å²) in [6, 6.07) is 4.12. The van der Waals surface area contributed by atoms with Crippen LogP contribution in [-0.2, 0) is 32.7 Å². The molecule has 0 bridgehead atoms. The van der Waals surface area contributed by atoms with Gasteiger partial charge >= 0.3 is 0 Å². The van der Waals surface area contributed by atoms with Crippen LogP contribution < -0.4 is 0 Å². The maximum atomic E-state index is 13.9. The molecule has 4 heteroatoms. The van der Waals surface area contributed by atoms with E-state index in [9.17, 15) is 9.50 Å². The molecule has 1 aromatic rings. The molecule has 1 radical (unpaired) electrons. The summed E-state index contributed by atoms with van der Waals surface area (Å²) in [5.41, 5.74) is 2.92. The fraction of sp³-hybridized carbons (Fsp3) is 0.200. The quantitative estimate of drug-likeness (QED) is 0.838. The van der Waals surface area contributed by atoms with Crippen LogP contribution in [0, 0.1) is 11.9 Å². The molecule has 1 heterocycles. The van der Waals surface area contributed by atoms with Gasteiger partial charge in [-0.25, -0.2) is 4.39 Å². The number of likely N-dealkylation sites (N-methyl/N-ethyl adjacent to an activating group) is 1. The smallest absolute Gasteiger partial charge is 0.116 e. The first kappa shape index (κ1) is 16.1. The van der Waals surface area contributed by atoms with Crippen molar-refractivity contribution in [3.8, 4) is 5.75 Å². The van der Waals surface area contributed by atoms with Crippen LogP contribution in [0.5, 0.6) is 5.75 Å². The Morgan fingerprint density at radius 2 is 2.11 bits per heavy atom. The minimum atomic E-state index is -0.461. The second-order valence-electron chi connectivity index (χ2n) is 4.18. The molecule has 0 amide bonds. The Labute approximate surface area is 138 Å². The molecule has 0 atom stereocenters. The summed E-state index contributed by atoms with van der Waals surface area (Å²) < 4.78 is 13.9. The third kappa shape index (κ3) is 3.15. The fourth-order valence-corrected chi connectivity index (χ4v) is 1.95. The van der Waals surface area contributed by atoms with Crippen molar-refractivity contribution in [1.29, 1.82) is 0 Å². The van der Waals surface area contributed by atoms with E-state index in [1.54, 1.807) is 12.1 Å². The SMILES string of the molecule is C=C1C(C)=C[C-]=C(c2ccc(O)cc2F)N1CC.[Y]. The second-order valence-corrected chi connectivity index (χ2v) is 4.18. The predicted octanol–water partition coefficient (Wildman–Crippen LogP) is 3.47. The van der Waals surface area contributed by atoms with Crippen LogP contribution in [0.4, 0.5) is 4.39 Å². The molecule has 1 aliphatic rings. The second kappa shape index (κ2) is 6.49. The molecule has 0 aliphatic carbocycles. The van der Waals surface area contributed by atoms with E-state index in [1.807, 2.05) is 18.7 Å². The van der Waals surface area contributed by atoms with Crippen LogP contribution >= 0.6 is 0 Å². The average molecular weight is 333 g/mol. The molecular formula is C15H15FNOY-. The van der Waals surface area contributed by atoms with Crippen LogP contribution in [0.25, 0.3) is 5.70 Å². The van der Waals surface area contributed by atoms with E-state index in [0.717, 1.165) is 17.3 Å². The Morgan fingerprint density at radius 3 is 2.68 bits per heavy atom. The summed E-state index contributed by atoms with van der Waals surface area (Å²) in [6.07, 6.45) is 4.88. The van der Waals surface area contributed by atoms with Crippen molar-refractivity contribution in [3.63, 3.8) is 0 Å². The number of rotatable bonds is 2. The Morgan fingerprint density at radius 1 is 1.42 bits per heavy atom. The van der Waals surface area contributed by atoms with Gasteiger partial charge in [0, 0.05) is 45.3 Å². The molecule has 0 saturated heterocycles. The molecule has 1 aliphatic heterocycles. The van der Waals surface area contributed by atoms with Crippen molar-refractivity contribution in [2.75, 3.05) is 6.54 Å². The topological polar surface area (TPSA) is 23.5 Å². The molecule has 97 valence electrons. The Hall–Kier alpha value is -0.926. The minimum Gasteiger partial charge on any atom is -0.508 e. The molecule has 2 rings (SSSR count). The number of halogens is 1. The zero-order chi connectivity index (χ0) is 13.3. The van der Waals surface area contributed by atoms with Gasteiger partial charge in [-0.1, -0.05) is 24.8 Å². The van der Waals surface area contributed by atoms with Gasteiger partial charge in [0.05, 0.1) is 5.82 Å². The molecular weight excluding hydrogens is 318 g/mol. The molecule has 19 heavy (non-hydrogen) atoms. The van der Waals surface area contributed by atoms with Crippen molar-refractivity contribution in [2.45, 2.75) is 13.8 Å². The number of phenolic OH excluding ortho intramolecular Hbond substituents is 1. The van der Waals surface area contributed by atoms with Gasteiger partial charge in [-0.2, -0.15) is 12.2 Å². The zero-order valence-corrected chi connectivity index (χ0v) is 13.9. The monoisotopic (exact) mass is 333 g/mol. The number of aromatic hydroxyl groups is 1. The Bertz CT molecular complexity index is 563. The Kier molecular flexibility index (Phi) is 5.51. The van der Waals surface area contributed by atoms with E-state index in [-0.39, 0.29) is 38.5 Å². The third-order valence-electron chi connectivity index (χ3n) is 3.00. The first-order valence-corrected chi connectivity index (χ1v) is 5.80. The molecule has 0 unspecified atom stereocenters. The van der Waals surface area contributed by atoms with E-state index < -0.39 is 5.82 Å². The number of allylic oxidation sites excluding steroid dienone is 3. The summed E-state index contributed by atoms with van der Waals surface area (Å²) >= 11 is 0. The minimum absolute atomic E-state index is 0. The van der Waals surface area contributed by atoms with Gasteiger partial charge < -0.3 is 10.0 Å². The van der Waals surface area contributed by atoms with Crippen LogP contribution in [0.15, 0.2) is 42.1 Å². The van der Waals surface area contributed by atoms with Gasteiger partial charge in [-0.05, 0) is 18.7 Å². The van der Waals surface area contributed by atoms with Crippen molar-refractivity contribution < 1.29 is 42.2 Å². The summed E-state index contributed by atoms with van der Waals surface area (Å²) in [5, 5.41) is 9.24. The maximum absolute atomic E-state index is 13.9. The standard InChI is InChI=1S/C15H15FNO.Y/c1-4-17-11(3)10(2)5-8-15(17)13-7-6-12(18)9-14(13)16;/h5-7,9,18H,3-4H2,1-2H3;/q-1;. The summed E-state index contributed by atoms with van der Waals surface area (Å²) in [4.78, 5) is 1.91. The normalized spacial score (nSPS) is 14.7. The molecule has 1 N–H and O–H groups in total. The molecule has 0 fully saturated rings. The van der Waals surface area contributed by atoms with Gasteiger partial charge in [0.1, 0.15) is 5.75 Å². The van der Waals surface area contributed by atoms with Gasteiger partial charge in [0.15, 0.2) is 0 Å². The number of hydrogen-bond donors (Lipinski definition) is 1. The summed E-state index contributed by atoms with van der Waals surface area (Å²) in [6.45, 7) is 8.60. The first-order valence-electron chi connectivity index (χ1n) is 5.80. The third-order valence-corrected chi connectivity index (χ3v) is 3.00. The molecule has 1 aromatic carbocycles. The van der Waals surface area contributed by atoms with Gasteiger partial charge in [-0.3, -0.25) is 0 Å². The first-order chi connectivity index (χ1) is 8.54. The molecule has 2 nitrogen and oxygen atoms in total. The Balaban J connectivity index is 0.00000180. The van der Waals surface area contributed by atoms with E-state index >= 15 is 0 Å². The summed E-state index contributed by atoms with van der Waals surface area (Å²) in [7, 11) is 0. The predicted molar refractivity (Wildman–Crippen MR) is 70.0 cm³/mol. The number of nitrogens with zero attached hydrogens (tertiary/aromatic N) is 1. The molecule has 0 aromatic heterocycles. The van der Waals surface area contributed by atoms with Gasteiger partial charge in [0.2, 0.25) is 0 Å². The van der Waals surface area contributed by atoms with Crippen molar-refractivity contribution in [3.05, 3.63) is 59.6 Å². The summed E-state index contributed by atoms with van der Waals surface area (Å²) in [5.74, 6) is -0.544. The number of phenols is 1. The molecule has 0 spiro atoms. The number of benzene rings is 1.